The lowest BCUT2D eigenvalue weighted by Gasteiger charge is -2.06. The van der Waals surface area contributed by atoms with Gasteiger partial charge in [-0.1, -0.05) is 25.8 Å². The number of hydrogen-bond donors (Lipinski definition) is 0. The van der Waals surface area contributed by atoms with Gasteiger partial charge < -0.3 is 0 Å². The third kappa shape index (κ3) is 5.02. The van der Waals surface area contributed by atoms with Gasteiger partial charge in [-0.2, -0.15) is 0 Å². The minimum Gasteiger partial charge on any atom is -0.149 e. The Morgan fingerprint density at radius 3 is 2.86 bits per heavy atom. The predicted molar refractivity (Wildman–Crippen MR) is 66.4 cm³/mol. The van der Waals surface area contributed by atoms with Gasteiger partial charge >= 0.3 is 0 Å². The van der Waals surface area contributed by atoms with Gasteiger partial charge in [0, 0.05) is 10.3 Å². The van der Waals surface area contributed by atoms with Crippen molar-refractivity contribution in [1.82, 2.24) is 0 Å². The van der Waals surface area contributed by atoms with Crippen LogP contribution in [0, 0.1) is 0 Å². The van der Waals surface area contributed by atoms with Crippen molar-refractivity contribution in [2.24, 2.45) is 0 Å². The van der Waals surface area contributed by atoms with Crippen molar-refractivity contribution in [2.75, 3.05) is 0 Å². The van der Waals surface area contributed by atoms with Gasteiger partial charge in [0.25, 0.3) is 0 Å². The van der Waals surface area contributed by atoms with E-state index in [-0.39, 0.29) is 0 Å². The van der Waals surface area contributed by atoms with Crippen LogP contribution in [0.25, 0.3) is 0 Å². The summed E-state index contributed by atoms with van der Waals surface area (Å²) in [5.41, 5.74) is 0. The summed E-state index contributed by atoms with van der Waals surface area (Å²) < 4.78 is 0. The fraction of sp³-hybridized carbons (Fsp3) is 0.667. The summed E-state index contributed by atoms with van der Waals surface area (Å²) in [7, 11) is 0. The molecule has 0 nitrogen and oxygen atoms in total. The Kier molecular flexibility index (Phi) is 6.29. The van der Waals surface area contributed by atoms with Crippen LogP contribution in [0.2, 0.25) is 0 Å². The van der Waals surface area contributed by atoms with Crippen molar-refractivity contribution in [1.29, 1.82) is 0 Å². The maximum absolute atomic E-state index is 6.14. The number of halogens is 1. The molecule has 80 valence electrons. The Bertz CT molecular complexity index is 218. The largest absolute Gasteiger partial charge is 0.149 e. The Morgan fingerprint density at radius 1 is 1.36 bits per heavy atom. The van der Waals surface area contributed by atoms with Gasteiger partial charge in [0.15, 0.2) is 0 Å². The molecule has 1 atom stereocenters. The summed E-state index contributed by atoms with van der Waals surface area (Å²) >= 11 is 8.00. The van der Waals surface area contributed by atoms with E-state index in [0.29, 0.717) is 5.38 Å². The van der Waals surface area contributed by atoms with E-state index >= 15 is 0 Å². The second-order valence-corrected chi connectivity index (χ2v) is 5.36. The molecule has 0 aliphatic rings. The molecular formula is C12H19ClS. The Hall–Kier alpha value is -0.0100. The number of hydrogen-bond acceptors (Lipinski definition) is 1. The average Bonchev–Trinajstić information content (AvgIpc) is 2.65. The summed E-state index contributed by atoms with van der Waals surface area (Å²) in [6.07, 6.45) is 7.34. The molecule has 0 aromatic carbocycles. The van der Waals surface area contributed by atoms with Crippen LogP contribution < -0.4 is 0 Å². The van der Waals surface area contributed by atoms with Gasteiger partial charge in [-0.15, -0.1) is 22.9 Å². The maximum Gasteiger partial charge on any atom is 0.0336 e. The molecule has 0 fully saturated rings. The lowest BCUT2D eigenvalue weighted by atomic mass is 10.1. The van der Waals surface area contributed by atoms with Gasteiger partial charge in [-0.05, 0) is 37.1 Å². The lowest BCUT2D eigenvalue weighted by molar-refractivity contribution is 0.616. The third-order valence-electron chi connectivity index (χ3n) is 2.37. The topological polar surface area (TPSA) is 0 Å². The summed E-state index contributed by atoms with van der Waals surface area (Å²) in [5, 5.41) is 2.56. The van der Waals surface area contributed by atoms with Crippen molar-refractivity contribution in [3.05, 3.63) is 22.4 Å². The smallest absolute Gasteiger partial charge is 0.0336 e. The van der Waals surface area contributed by atoms with Crippen molar-refractivity contribution in [3.63, 3.8) is 0 Å². The number of thiophene rings is 1. The van der Waals surface area contributed by atoms with Gasteiger partial charge in [0.2, 0.25) is 0 Å². The van der Waals surface area contributed by atoms with E-state index in [1.165, 1.54) is 43.4 Å². The fourth-order valence-electron chi connectivity index (χ4n) is 1.58. The second kappa shape index (κ2) is 7.30. The molecule has 1 heterocycles. The molecule has 0 saturated heterocycles. The standard InChI is InChI=1S/C12H19ClS/c1-2-6-11(13)7-3-4-8-12-9-5-10-14-12/h5,9-11H,2-4,6-8H2,1H3. The van der Waals surface area contributed by atoms with Crippen LogP contribution in [0.5, 0.6) is 0 Å². The Labute approximate surface area is 96.3 Å². The number of rotatable bonds is 7. The quantitative estimate of drug-likeness (QED) is 0.463. The van der Waals surface area contributed by atoms with Crippen LogP contribution in [0.3, 0.4) is 0 Å². The van der Waals surface area contributed by atoms with E-state index in [1.807, 2.05) is 11.3 Å². The Morgan fingerprint density at radius 2 is 2.21 bits per heavy atom. The first-order chi connectivity index (χ1) is 6.83. The van der Waals surface area contributed by atoms with Crippen LogP contribution in [0.1, 0.15) is 43.9 Å². The highest BCUT2D eigenvalue weighted by molar-refractivity contribution is 7.09. The van der Waals surface area contributed by atoms with Crippen LogP contribution in [0.15, 0.2) is 17.5 Å². The van der Waals surface area contributed by atoms with E-state index in [1.54, 1.807) is 0 Å². The highest BCUT2D eigenvalue weighted by Gasteiger charge is 2.02. The summed E-state index contributed by atoms with van der Waals surface area (Å²) in [6, 6.07) is 4.34. The first-order valence-electron chi connectivity index (χ1n) is 5.49. The van der Waals surface area contributed by atoms with Crippen LogP contribution >= 0.6 is 22.9 Å². The van der Waals surface area contributed by atoms with Gasteiger partial charge in [-0.25, -0.2) is 0 Å². The second-order valence-electron chi connectivity index (χ2n) is 3.71. The average molecular weight is 231 g/mol. The first kappa shape index (κ1) is 12.1. The summed E-state index contributed by atoms with van der Waals surface area (Å²) in [6.45, 7) is 2.20. The van der Waals surface area contributed by atoms with Crippen LogP contribution in [-0.4, -0.2) is 5.38 Å². The molecule has 1 aromatic rings. The summed E-state index contributed by atoms with van der Waals surface area (Å²) in [5.74, 6) is 0. The number of alkyl halides is 1. The molecule has 1 unspecified atom stereocenters. The zero-order valence-corrected chi connectivity index (χ0v) is 10.4. The normalized spacial score (nSPS) is 13.0. The maximum atomic E-state index is 6.14. The monoisotopic (exact) mass is 230 g/mol. The predicted octanol–water partition coefficient (Wildman–Crippen LogP) is 4.87. The molecule has 0 N–H and O–H groups in total. The highest BCUT2D eigenvalue weighted by atomic mass is 35.5. The van der Waals surface area contributed by atoms with Gasteiger partial charge in [-0.3, -0.25) is 0 Å². The molecule has 0 amide bonds. The van der Waals surface area contributed by atoms with Crippen LogP contribution in [0.4, 0.5) is 0 Å². The zero-order chi connectivity index (χ0) is 10.2. The van der Waals surface area contributed by atoms with Gasteiger partial charge in [0.05, 0.1) is 0 Å². The zero-order valence-electron chi connectivity index (χ0n) is 8.84. The molecule has 1 rings (SSSR count). The number of aryl methyl sites for hydroxylation is 1. The number of unbranched alkanes of at least 4 members (excludes halogenated alkanes) is 1. The van der Waals surface area contributed by atoms with E-state index in [2.05, 4.69) is 24.4 Å². The van der Waals surface area contributed by atoms with E-state index in [4.69, 9.17) is 11.6 Å². The lowest BCUT2D eigenvalue weighted by Crippen LogP contribution is -1.97. The minimum atomic E-state index is 0.406. The van der Waals surface area contributed by atoms with Crippen molar-refractivity contribution >= 4 is 22.9 Å². The van der Waals surface area contributed by atoms with E-state index in [0.717, 1.165) is 0 Å². The molecule has 0 saturated carbocycles. The summed E-state index contributed by atoms with van der Waals surface area (Å²) in [4.78, 5) is 1.51. The molecule has 1 aromatic heterocycles. The molecule has 14 heavy (non-hydrogen) atoms. The van der Waals surface area contributed by atoms with Crippen molar-refractivity contribution in [2.45, 2.75) is 50.8 Å². The van der Waals surface area contributed by atoms with Crippen LogP contribution in [-0.2, 0) is 6.42 Å². The first-order valence-corrected chi connectivity index (χ1v) is 6.81. The van der Waals surface area contributed by atoms with E-state index in [9.17, 15) is 0 Å². The molecule has 0 aliphatic carbocycles. The van der Waals surface area contributed by atoms with Gasteiger partial charge in [0.1, 0.15) is 0 Å². The SMILES string of the molecule is CCCC(Cl)CCCCc1cccs1. The fourth-order valence-corrected chi connectivity index (χ4v) is 2.70. The molecule has 0 aliphatic heterocycles. The third-order valence-corrected chi connectivity index (χ3v) is 3.75. The molecule has 2 heteroatoms. The Balaban J connectivity index is 1.99. The highest BCUT2D eigenvalue weighted by Crippen LogP contribution is 2.16. The van der Waals surface area contributed by atoms with Crippen molar-refractivity contribution < 1.29 is 0 Å². The molecule has 0 radical (unpaired) electrons. The molecule has 0 bridgehead atoms. The molecule has 0 spiro atoms. The minimum absolute atomic E-state index is 0.406. The molecular weight excluding hydrogens is 212 g/mol. The van der Waals surface area contributed by atoms with E-state index < -0.39 is 0 Å². The van der Waals surface area contributed by atoms with Crippen molar-refractivity contribution in [3.8, 4) is 0 Å².